The smallest absolute Gasteiger partial charge is 0.460 e. The maximum absolute atomic E-state index is 13.5. The van der Waals surface area contributed by atoms with Crippen molar-refractivity contribution in [1.82, 2.24) is 0 Å². The lowest BCUT2D eigenvalue weighted by Gasteiger charge is -2.39. The molecule has 0 aromatic rings. The van der Waals surface area contributed by atoms with Gasteiger partial charge in [0.25, 0.3) is 0 Å². The normalized spacial score (nSPS) is 14.7. The number of unbranched alkanes of at least 4 members (excludes halogenated alkanes) is 6. The molecule has 0 aliphatic rings. The lowest BCUT2D eigenvalue weighted by Crippen LogP contribution is -2.70. The largest absolute Gasteiger partial charge is 0.481 e. The van der Waals surface area contributed by atoms with Crippen LogP contribution in [0.1, 0.15) is 57.8 Å². The van der Waals surface area contributed by atoms with E-state index in [2.05, 4.69) is 0 Å². The molecule has 31 heavy (non-hydrogen) atoms. The molecule has 186 valence electrons. The van der Waals surface area contributed by atoms with E-state index in [1.807, 2.05) is 0 Å². The SMILES string of the molecule is O=C(O)CCCCCCCCCC(F)(F)C(F)(F)C(F)(F)C(F)(F)C(F)(F)C(F)(F)F. The Morgan fingerprint density at radius 3 is 1.26 bits per heavy atom. The van der Waals surface area contributed by atoms with Gasteiger partial charge in [0.05, 0.1) is 0 Å². The van der Waals surface area contributed by atoms with Gasteiger partial charge >= 0.3 is 41.8 Å². The Kier molecular flexibility index (Phi) is 9.54. The molecule has 0 aromatic carbocycles. The van der Waals surface area contributed by atoms with E-state index in [1.165, 1.54) is 0 Å². The van der Waals surface area contributed by atoms with Gasteiger partial charge in [0.2, 0.25) is 0 Å². The number of aliphatic carboxylic acids is 1. The summed E-state index contributed by atoms with van der Waals surface area (Å²) >= 11 is 0. The van der Waals surface area contributed by atoms with Gasteiger partial charge < -0.3 is 5.11 Å². The molecule has 2 nitrogen and oxygen atoms in total. The monoisotopic (exact) mass is 490 g/mol. The molecule has 0 bridgehead atoms. The molecule has 0 heterocycles. The number of hydrogen-bond acceptors (Lipinski definition) is 1. The van der Waals surface area contributed by atoms with Crippen LogP contribution in [0.25, 0.3) is 0 Å². The average Bonchev–Trinajstić information content (AvgIpc) is 2.58. The molecule has 15 heteroatoms. The highest BCUT2D eigenvalue weighted by Crippen LogP contribution is 2.60. The van der Waals surface area contributed by atoms with Gasteiger partial charge in [-0.1, -0.05) is 32.1 Å². The first-order valence-corrected chi connectivity index (χ1v) is 8.84. The van der Waals surface area contributed by atoms with Crippen molar-refractivity contribution in [2.75, 3.05) is 0 Å². The van der Waals surface area contributed by atoms with E-state index < -0.39 is 54.6 Å². The second kappa shape index (κ2) is 10.0. The van der Waals surface area contributed by atoms with Gasteiger partial charge in [-0.3, -0.25) is 4.79 Å². The van der Waals surface area contributed by atoms with Gasteiger partial charge in [-0.05, 0) is 12.8 Å². The highest BCUT2D eigenvalue weighted by atomic mass is 19.4. The summed E-state index contributed by atoms with van der Waals surface area (Å²) in [7, 11) is 0. The third-order valence-electron chi connectivity index (χ3n) is 4.38. The van der Waals surface area contributed by atoms with Crippen molar-refractivity contribution < 1.29 is 67.0 Å². The number of halogens is 13. The zero-order valence-electron chi connectivity index (χ0n) is 15.6. The fourth-order valence-corrected chi connectivity index (χ4v) is 2.47. The van der Waals surface area contributed by atoms with E-state index in [-0.39, 0.29) is 19.3 Å². The van der Waals surface area contributed by atoms with Crippen LogP contribution in [0.2, 0.25) is 0 Å². The van der Waals surface area contributed by atoms with E-state index in [1.54, 1.807) is 0 Å². The summed E-state index contributed by atoms with van der Waals surface area (Å²) in [6.45, 7) is 0. The molecule has 0 aliphatic heterocycles. The highest BCUT2D eigenvalue weighted by Gasteiger charge is 2.90. The molecule has 0 radical (unpaired) electrons. The number of hydrogen-bond donors (Lipinski definition) is 1. The van der Waals surface area contributed by atoms with Crippen LogP contribution in [0.3, 0.4) is 0 Å². The van der Waals surface area contributed by atoms with Crippen molar-refractivity contribution in [3.63, 3.8) is 0 Å². The molecule has 0 rings (SSSR count). The predicted octanol–water partition coefficient (Wildman–Crippen LogP) is 7.32. The molecule has 0 saturated heterocycles. The summed E-state index contributed by atoms with van der Waals surface area (Å²) < 4.78 is 168. The van der Waals surface area contributed by atoms with E-state index in [4.69, 9.17) is 5.11 Å². The fourth-order valence-electron chi connectivity index (χ4n) is 2.47. The Labute approximate surface area is 167 Å². The Hall–Kier alpha value is -1.44. The summed E-state index contributed by atoms with van der Waals surface area (Å²) in [5, 5.41) is 8.39. The standard InChI is InChI=1S/C16H19F13O2/c17-11(18,9-7-5-3-1-2-4-6-8-10(30)31)12(19,20)13(21,22)14(23,24)15(25,26)16(27,28)29/h1-9H2,(H,30,31). The summed E-state index contributed by atoms with van der Waals surface area (Å²) in [4.78, 5) is 10.3. The van der Waals surface area contributed by atoms with Crippen molar-refractivity contribution in [2.45, 2.75) is 93.6 Å². The fraction of sp³-hybridized carbons (Fsp3) is 0.938. The number of alkyl halides is 13. The average molecular weight is 490 g/mol. The topological polar surface area (TPSA) is 37.3 Å². The molecule has 0 amide bonds. The Morgan fingerprint density at radius 2 is 0.871 bits per heavy atom. The number of carboxylic acid groups (broad SMARTS) is 1. The van der Waals surface area contributed by atoms with Gasteiger partial charge in [-0.15, -0.1) is 0 Å². The summed E-state index contributed by atoms with van der Waals surface area (Å²) in [5.74, 6) is -37.6. The summed E-state index contributed by atoms with van der Waals surface area (Å²) in [6, 6.07) is 0. The zero-order valence-corrected chi connectivity index (χ0v) is 15.6. The summed E-state index contributed by atoms with van der Waals surface area (Å²) in [5.41, 5.74) is 0. The molecule has 0 saturated carbocycles. The second-order valence-corrected chi connectivity index (χ2v) is 6.87. The molecule has 0 aromatic heterocycles. The molecule has 0 spiro atoms. The Morgan fingerprint density at radius 1 is 0.516 bits per heavy atom. The van der Waals surface area contributed by atoms with Crippen molar-refractivity contribution in [3.8, 4) is 0 Å². The van der Waals surface area contributed by atoms with Crippen LogP contribution >= 0.6 is 0 Å². The van der Waals surface area contributed by atoms with Crippen molar-refractivity contribution in [1.29, 1.82) is 0 Å². The molecule has 0 atom stereocenters. The number of carboxylic acids is 1. The maximum Gasteiger partial charge on any atom is 0.460 e. The van der Waals surface area contributed by atoms with Crippen LogP contribution < -0.4 is 0 Å². The lowest BCUT2D eigenvalue weighted by molar-refractivity contribution is -0.440. The lowest BCUT2D eigenvalue weighted by atomic mass is 9.91. The minimum Gasteiger partial charge on any atom is -0.481 e. The minimum atomic E-state index is -7.86. The quantitative estimate of drug-likeness (QED) is 0.205. The molecule has 1 N–H and O–H groups in total. The van der Waals surface area contributed by atoms with Crippen LogP contribution in [0.15, 0.2) is 0 Å². The van der Waals surface area contributed by atoms with Crippen molar-refractivity contribution in [3.05, 3.63) is 0 Å². The molecule has 0 aliphatic carbocycles. The van der Waals surface area contributed by atoms with Crippen LogP contribution in [0, 0.1) is 0 Å². The van der Waals surface area contributed by atoms with Crippen LogP contribution in [-0.4, -0.2) is 46.9 Å². The second-order valence-electron chi connectivity index (χ2n) is 6.87. The molecule has 0 fully saturated rings. The third kappa shape index (κ3) is 6.30. The van der Waals surface area contributed by atoms with E-state index >= 15 is 0 Å². The molecule has 0 unspecified atom stereocenters. The minimum absolute atomic E-state index is 0.0907. The first-order chi connectivity index (χ1) is 13.7. The van der Waals surface area contributed by atoms with Crippen molar-refractivity contribution >= 4 is 5.97 Å². The number of rotatable bonds is 14. The first-order valence-electron chi connectivity index (χ1n) is 8.84. The van der Waals surface area contributed by atoms with Crippen LogP contribution in [0.5, 0.6) is 0 Å². The van der Waals surface area contributed by atoms with Crippen LogP contribution in [0.4, 0.5) is 57.1 Å². The van der Waals surface area contributed by atoms with Gasteiger partial charge in [-0.25, -0.2) is 0 Å². The van der Waals surface area contributed by atoms with Gasteiger partial charge in [0.15, 0.2) is 0 Å². The van der Waals surface area contributed by atoms with Crippen LogP contribution in [-0.2, 0) is 4.79 Å². The van der Waals surface area contributed by atoms with Gasteiger partial charge in [0.1, 0.15) is 0 Å². The van der Waals surface area contributed by atoms with E-state index in [0.29, 0.717) is 25.7 Å². The first kappa shape index (κ1) is 29.6. The van der Waals surface area contributed by atoms with Gasteiger partial charge in [-0.2, -0.15) is 57.1 Å². The molecular formula is C16H19F13O2. The molecular weight excluding hydrogens is 471 g/mol. The maximum atomic E-state index is 13.5. The Bertz CT molecular complexity index is 585. The number of carbonyl (C=O) groups is 1. The summed E-state index contributed by atoms with van der Waals surface area (Å²) in [6.07, 6.45) is -9.33. The third-order valence-corrected chi connectivity index (χ3v) is 4.38. The van der Waals surface area contributed by atoms with E-state index in [0.717, 1.165) is 0 Å². The van der Waals surface area contributed by atoms with E-state index in [9.17, 15) is 61.9 Å². The highest BCUT2D eigenvalue weighted by molar-refractivity contribution is 5.66. The van der Waals surface area contributed by atoms with Crippen molar-refractivity contribution in [2.24, 2.45) is 0 Å². The van der Waals surface area contributed by atoms with Gasteiger partial charge in [0, 0.05) is 12.8 Å². The predicted molar refractivity (Wildman–Crippen MR) is 80.0 cm³/mol. The Balaban J connectivity index is 5.01. The zero-order chi connectivity index (χ0) is 24.9.